The molecular weight excluding hydrogens is 338 g/mol. The molecule has 0 radical (unpaired) electrons. The molecule has 2 aromatic carbocycles. The van der Waals surface area contributed by atoms with Crippen LogP contribution >= 0.6 is 0 Å². The first-order valence-electron chi connectivity index (χ1n) is 9.37. The van der Waals surface area contributed by atoms with Gasteiger partial charge in [0.1, 0.15) is 6.54 Å². The molecule has 1 saturated heterocycles. The van der Waals surface area contributed by atoms with Crippen LogP contribution in [0.15, 0.2) is 53.3 Å². The second kappa shape index (κ2) is 6.99. The van der Waals surface area contributed by atoms with Gasteiger partial charge in [0.2, 0.25) is 5.91 Å². The van der Waals surface area contributed by atoms with Gasteiger partial charge in [0.25, 0.3) is 5.56 Å². The molecule has 5 nitrogen and oxygen atoms in total. The van der Waals surface area contributed by atoms with E-state index in [4.69, 9.17) is 0 Å². The minimum Gasteiger partial charge on any atom is -0.334 e. The smallest absolute Gasteiger partial charge is 0.275 e. The molecule has 138 valence electrons. The van der Waals surface area contributed by atoms with Crippen molar-refractivity contribution in [2.45, 2.75) is 39.3 Å². The number of fused-ring (bicyclic) bond motifs is 1. The molecule has 0 bridgehead atoms. The standard InChI is InChI=1S/C22H23N3O2/c1-15-9-11-17(12-10-15)20-8-5-13-24(20)21(26)14-25-22(27)19-7-4-3-6-18(19)16(2)23-25/h3-4,6-7,9-12,20H,5,8,13-14H2,1-2H3/t20-/m1/s1. The lowest BCUT2D eigenvalue weighted by molar-refractivity contribution is -0.133. The Hall–Kier alpha value is -2.95. The molecule has 27 heavy (non-hydrogen) atoms. The maximum atomic E-state index is 13.0. The Morgan fingerprint density at radius 1 is 1.07 bits per heavy atom. The van der Waals surface area contributed by atoms with E-state index in [2.05, 4.69) is 36.3 Å². The van der Waals surface area contributed by atoms with E-state index in [0.717, 1.165) is 36.0 Å². The third-order valence-corrected chi connectivity index (χ3v) is 5.37. The summed E-state index contributed by atoms with van der Waals surface area (Å²) in [5.41, 5.74) is 2.91. The monoisotopic (exact) mass is 361 g/mol. The summed E-state index contributed by atoms with van der Waals surface area (Å²) in [5.74, 6) is -0.0534. The number of likely N-dealkylation sites (tertiary alicyclic amines) is 1. The second-order valence-electron chi connectivity index (χ2n) is 7.25. The number of hydrogen-bond acceptors (Lipinski definition) is 3. The van der Waals surface area contributed by atoms with Gasteiger partial charge in [-0.15, -0.1) is 0 Å². The quantitative estimate of drug-likeness (QED) is 0.719. The lowest BCUT2D eigenvalue weighted by atomic mass is 10.0. The van der Waals surface area contributed by atoms with E-state index in [-0.39, 0.29) is 24.1 Å². The van der Waals surface area contributed by atoms with Crippen molar-refractivity contribution in [1.82, 2.24) is 14.7 Å². The maximum absolute atomic E-state index is 13.0. The molecule has 1 aliphatic rings. The molecule has 5 heteroatoms. The van der Waals surface area contributed by atoms with Crippen molar-refractivity contribution in [2.75, 3.05) is 6.54 Å². The number of nitrogens with zero attached hydrogens (tertiary/aromatic N) is 3. The number of aromatic nitrogens is 2. The van der Waals surface area contributed by atoms with Crippen LogP contribution in [0.4, 0.5) is 0 Å². The van der Waals surface area contributed by atoms with Crippen molar-refractivity contribution in [1.29, 1.82) is 0 Å². The highest BCUT2D eigenvalue weighted by atomic mass is 16.2. The van der Waals surface area contributed by atoms with Crippen molar-refractivity contribution in [3.63, 3.8) is 0 Å². The van der Waals surface area contributed by atoms with Crippen molar-refractivity contribution in [2.24, 2.45) is 0 Å². The zero-order valence-corrected chi connectivity index (χ0v) is 15.7. The minimum atomic E-state index is -0.212. The number of carbonyl (C=O) groups is 1. The zero-order chi connectivity index (χ0) is 19.0. The summed E-state index contributed by atoms with van der Waals surface area (Å²) in [6.45, 7) is 4.63. The molecule has 1 atom stereocenters. The van der Waals surface area contributed by atoms with Gasteiger partial charge in [-0.1, -0.05) is 48.0 Å². The van der Waals surface area contributed by atoms with Gasteiger partial charge in [0.05, 0.1) is 17.1 Å². The van der Waals surface area contributed by atoms with Crippen molar-refractivity contribution < 1.29 is 4.79 Å². The first-order valence-corrected chi connectivity index (χ1v) is 9.37. The van der Waals surface area contributed by atoms with Gasteiger partial charge in [-0.3, -0.25) is 9.59 Å². The van der Waals surface area contributed by atoms with Crippen molar-refractivity contribution >= 4 is 16.7 Å². The molecule has 3 aromatic rings. The largest absolute Gasteiger partial charge is 0.334 e. The Labute approximate surface area is 158 Å². The number of aryl methyl sites for hydroxylation is 2. The van der Waals surface area contributed by atoms with Gasteiger partial charge in [0.15, 0.2) is 0 Å². The molecule has 4 rings (SSSR count). The summed E-state index contributed by atoms with van der Waals surface area (Å²) in [6, 6.07) is 15.8. The van der Waals surface area contributed by atoms with Gasteiger partial charge in [0, 0.05) is 11.9 Å². The van der Waals surface area contributed by atoms with E-state index in [1.165, 1.54) is 10.2 Å². The molecule has 0 saturated carbocycles. The van der Waals surface area contributed by atoms with Gasteiger partial charge >= 0.3 is 0 Å². The number of rotatable bonds is 3. The van der Waals surface area contributed by atoms with E-state index in [0.29, 0.717) is 5.39 Å². The molecule has 1 fully saturated rings. The predicted octanol–water partition coefficient (Wildman–Crippen LogP) is 3.38. The van der Waals surface area contributed by atoms with E-state index in [9.17, 15) is 9.59 Å². The SMILES string of the molecule is Cc1ccc([C@H]2CCCN2C(=O)Cn2nc(C)c3ccccc3c2=O)cc1. The topological polar surface area (TPSA) is 55.2 Å². The maximum Gasteiger partial charge on any atom is 0.275 e. The van der Waals surface area contributed by atoms with Crippen LogP contribution in [0.3, 0.4) is 0 Å². The average Bonchev–Trinajstić information content (AvgIpc) is 3.16. The third kappa shape index (κ3) is 3.25. The average molecular weight is 361 g/mol. The Kier molecular flexibility index (Phi) is 4.52. The molecule has 0 N–H and O–H groups in total. The van der Waals surface area contributed by atoms with E-state index in [1.54, 1.807) is 6.07 Å². The predicted molar refractivity (Wildman–Crippen MR) is 106 cm³/mol. The first kappa shape index (κ1) is 17.5. The summed E-state index contributed by atoms with van der Waals surface area (Å²) >= 11 is 0. The van der Waals surface area contributed by atoms with Crippen LogP contribution in [-0.2, 0) is 11.3 Å². The molecule has 2 heterocycles. The van der Waals surface area contributed by atoms with Gasteiger partial charge in [-0.05, 0) is 38.3 Å². The zero-order valence-electron chi connectivity index (χ0n) is 15.7. The molecule has 0 aliphatic carbocycles. The van der Waals surface area contributed by atoms with Crippen LogP contribution in [0.5, 0.6) is 0 Å². The van der Waals surface area contributed by atoms with E-state index < -0.39 is 0 Å². The highest BCUT2D eigenvalue weighted by molar-refractivity contribution is 5.83. The van der Waals surface area contributed by atoms with E-state index in [1.807, 2.05) is 30.0 Å². The van der Waals surface area contributed by atoms with Gasteiger partial charge in [-0.2, -0.15) is 5.10 Å². The summed E-state index contributed by atoms with van der Waals surface area (Å²) in [5, 5.41) is 5.82. The van der Waals surface area contributed by atoms with E-state index >= 15 is 0 Å². The third-order valence-electron chi connectivity index (χ3n) is 5.37. The molecule has 1 amide bonds. The Bertz CT molecular complexity index is 1050. The Balaban J connectivity index is 1.62. The number of carbonyl (C=O) groups excluding carboxylic acids is 1. The number of benzene rings is 2. The lowest BCUT2D eigenvalue weighted by Gasteiger charge is -2.25. The molecule has 1 aromatic heterocycles. The second-order valence-corrected chi connectivity index (χ2v) is 7.25. The fourth-order valence-corrected chi connectivity index (χ4v) is 3.93. The van der Waals surface area contributed by atoms with Crippen LogP contribution in [0.2, 0.25) is 0 Å². The first-order chi connectivity index (χ1) is 13.0. The fraction of sp³-hybridized carbons (Fsp3) is 0.318. The van der Waals surface area contributed by atoms with Crippen LogP contribution in [0.1, 0.15) is 35.7 Å². The Morgan fingerprint density at radius 2 is 1.78 bits per heavy atom. The number of amides is 1. The van der Waals surface area contributed by atoms with Crippen LogP contribution in [0, 0.1) is 13.8 Å². The highest BCUT2D eigenvalue weighted by Crippen LogP contribution is 2.32. The van der Waals surface area contributed by atoms with Crippen LogP contribution in [-0.4, -0.2) is 27.1 Å². The van der Waals surface area contributed by atoms with Crippen molar-refractivity contribution in [3.05, 3.63) is 75.7 Å². The molecule has 0 unspecified atom stereocenters. The Morgan fingerprint density at radius 3 is 2.52 bits per heavy atom. The molecule has 1 aliphatic heterocycles. The fourth-order valence-electron chi connectivity index (χ4n) is 3.93. The molecular formula is C22H23N3O2. The van der Waals surface area contributed by atoms with Gasteiger partial charge in [-0.25, -0.2) is 4.68 Å². The summed E-state index contributed by atoms with van der Waals surface area (Å²) in [7, 11) is 0. The van der Waals surface area contributed by atoms with Crippen molar-refractivity contribution in [3.8, 4) is 0 Å². The molecule has 0 spiro atoms. The normalized spacial score (nSPS) is 16.8. The van der Waals surface area contributed by atoms with Crippen LogP contribution < -0.4 is 5.56 Å². The number of hydrogen-bond donors (Lipinski definition) is 0. The summed E-state index contributed by atoms with van der Waals surface area (Å²) in [6.07, 6.45) is 1.93. The minimum absolute atomic E-state index is 0.0210. The van der Waals surface area contributed by atoms with Gasteiger partial charge < -0.3 is 4.90 Å². The summed E-state index contributed by atoms with van der Waals surface area (Å²) < 4.78 is 1.31. The summed E-state index contributed by atoms with van der Waals surface area (Å²) in [4.78, 5) is 27.6. The lowest BCUT2D eigenvalue weighted by Crippen LogP contribution is -2.37. The highest BCUT2D eigenvalue weighted by Gasteiger charge is 2.30. The van der Waals surface area contributed by atoms with Crippen LogP contribution in [0.25, 0.3) is 10.8 Å².